The number of ether oxygens (including phenoxy) is 2. The van der Waals surface area contributed by atoms with Crippen LogP contribution in [0.3, 0.4) is 0 Å². The molecular weight excluding hydrogens is 306 g/mol. The summed E-state index contributed by atoms with van der Waals surface area (Å²) in [6.45, 7) is 9.55. The molecule has 1 atom stereocenters. The molecule has 0 bridgehead atoms. The van der Waals surface area contributed by atoms with Gasteiger partial charge in [0.05, 0.1) is 6.42 Å². The van der Waals surface area contributed by atoms with Crippen molar-refractivity contribution in [2.24, 2.45) is 5.41 Å². The number of benzene rings is 1. The number of carbonyl (C=O) groups is 2. The Bertz CT molecular complexity index is 597. The van der Waals surface area contributed by atoms with E-state index in [0.717, 1.165) is 18.4 Å². The van der Waals surface area contributed by atoms with Crippen LogP contribution in [-0.2, 0) is 20.7 Å². The molecule has 2 rings (SSSR count). The standard InChI is InChI=1S/C19H27NO4/c1-6-19(7-2)16(22)20-17(19)23-14-10-8-13(9-11-14)12-15(21)24-18(3,4)5/h8-11,17H,6-7,12H2,1-5H3,(H,20,22)/t17-/m1/s1. The van der Waals surface area contributed by atoms with Crippen molar-refractivity contribution in [1.82, 2.24) is 5.32 Å². The summed E-state index contributed by atoms with van der Waals surface area (Å²) < 4.78 is 11.2. The van der Waals surface area contributed by atoms with Crippen LogP contribution in [0.2, 0.25) is 0 Å². The molecule has 1 aliphatic heterocycles. The molecule has 0 aliphatic carbocycles. The molecule has 1 fully saturated rings. The van der Waals surface area contributed by atoms with Gasteiger partial charge in [0.15, 0.2) is 6.23 Å². The van der Waals surface area contributed by atoms with Crippen LogP contribution in [0.1, 0.15) is 53.0 Å². The molecule has 24 heavy (non-hydrogen) atoms. The van der Waals surface area contributed by atoms with E-state index in [-0.39, 0.29) is 24.5 Å². The number of nitrogens with one attached hydrogen (secondary N) is 1. The molecule has 0 radical (unpaired) electrons. The number of β-lactam (4-membered cyclic amide) rings is 1. The predicted octanol–water partition coefficient (Wildman–Crippen LogP) is 3.21. The van der Waals surface area contributed by atoms with Crippen molar-refractivity contribution in [3.05, 3.63) is 29.8 Å². The van der Waals surface area contributed by atoms with Crippen molar-refractivity contribution in [2.75, 3.05) is 0 Å². The molecule has 132 valence electrons. The molecule has 0 aromatic heterocycles. The number of carbonyl (C=O) groups excluding carboxylic acids is 2. The molecule has 1 aromatic carbocycles. The summed E-state index contributed by atoms with van der Waals surface area (Å²) >= 11 is 0. The molecule has 1 heterocycles. The minimum atomic E-state index is -0.480. The lowest BCUT2D eigenvalue weighted by atomic mass is 9.73. The topological polar surface area (TPSA) is 64.6 Å². The number of hydrogen-bond acceptors (Lipinski definition) is 4. The van der Waals surface area contributed by atoms with Gasteiger partial charge in [-0.25, -0.2) is 0 Å². The first kappa shape index (κ1) is 18.3. The van der Waals surface area contributed by atoms with Crippen LogP contribution in [0.25, 0.3) is 0 Å². The first-order chi connectivity index (χ1) is 11.2. The summed E-state index contributed by atoms with van der Waals surface area (Å²) in [6, 6.07) is 7.33. The minimum absolute atomic E-state index is 0.0547. The highest BCUT2D eigenvalue weighted by molar-refractivity contribution is 5.89. The summed E-state index contributed by atoms with van der Waals surface area (Å²) in [5.74, 6) is 0.483. The molecule has 1 aliphatic rings. The highest BCUT2D eigenvalue weighted by Crippen LogP contribution is 2.39. The molecule has 0 unspecified atom stereocenters. The average Bonchev–Trinajstić information content (AvgIpc) is 2.48. The Morgan fingerprint density at radius 3 is 2.21 bits per heavy atom. The first-order valence-corrected chi connectivity index (χ1v) is 8.48. The average molecular weight is 333 g/mol. The molecule has 5 heteroatoms. The molecular formula is C19H27NO4. The number of amides is 1. The highest BCUT2D eigenvalue weighted by Gasteiger charge is 2.54. The molecule has 1 amide bonds. The van der Waals surface area contributed by atoms with Gasteiger partial charge in [-0.1, -0.05) is 26.0 Å². The molecule has 0 saturated carbocycles. The third kappa shape index (κ3) is 3.89. The van der Waals surface area contributed by atoms with Crippen LogP contribution in [0.15, 0.2) is 24.3 Å². The van der Waals surface area contributed by atoms with Crippen molar-refractivity contribution < 1.29 is 19.1 Å². The van der Waals surface area contributed by atoms with Gasteiger partial charge in [-0.05, 0) is 51.3 Å². The molecule has 1 N–H and O–H groups in total. The fraction of sp³-hybridized carbons (Fsp3) is 0.579. The Hall–Kier alpha value is -2.04. The van der Waals surface area contributed by atoms with Gasteiger partial charge in [-0.2, -0.15) is 0 Å². The summed E-state index contributed by atoms with van der Waals surface area (Å²) in [5, 5.41) is 2.82. The second-order valence-corrected chi connectivity index (χ2v) is 7.24. The third-order valence-corrected chi connectivity index (χ3v) is 4.42. The van der Waals surface area contributed by atoms with Gasteiger partial charge >= 0.3 is 5.97 Å². The second kappa shape index (κ2) is 6.83. The van der Waals surface area contributed by atoms with Crippen molar-refractivity contribution >= 4 is 11.9 Å². The van der Waals surface area contributed by atoms with Gasteiger partial charge in [0.25, 0.3) is 0 Å². The Kier molecular flexibility index (Phi) is 5.21. The zero-order chi connectivity index (χ0) is 18.0. The number of rotatable bonds is 6. The lowest BCUT2D eigenvalue weighted by Gasteiger charge is -2.47. The zero-order valence-electron chi connectivity index (χ0n) is 15.1. The molecule has 0 spiro atoms. The van der Waals surface area contributed by atoms with E-state index in [1.54, 1.807) is 0 Å². The van der Waals surface area contributed by atoms with E-state index < -0.39 is 11.0 Å². The minimum Gasteiger partial charge on any atom is -0.470 e. The Balaban J connectivity index is 1.96. The van der Waals surface area contributed by atoms with Crippen LogP contribution in [0.4, 0.5) is 0 Å². The largest absolute Gasteiger partial charge is 0.470 e. The maximum atomic E-state index is 11.9. The number of hydrogen-bond donors (Lipinski definition) is 1. The van der Waals surface area contributed by atoms with E-state index >= 15 is 0 Å². The lowest BCUT2D eigenvalue weighted by molar-refractivity contribution is -0.162. The summed E-state index contributed by atoms with van der Waals surface area (Å²) in [7, 11) is 0. The van der Waals surface area contributed by atoms with Crippen molar-refractivity contribution in [1.29, 1.82) is 0 Å². The summed E-state index contributed by atoms with van der Waals surface area (Å²) in [6.07, 6.45) is 1.43. The predicted molar refractivity (Wildman–Crippen MR) is 91.6 cm³/mol. The van der Waals surface area contributed by atoms with E-state index in [2.05, 4.69) is 5.32 Å². The maximum absolute atomic E-state index is 11.9. The molecule has 1 saturated heterocycles. The monoisotopic (exact) mass is 333 g/mol. The van der Waals surface area contributed by atoms with Crippen molar-refractivity contribution in [3.8, 4) is 5.75 Å². The van der Waals surface area contributed by atoms with Crippen LogP contribution >= 0.6 is 0 Å². The van der Waals surface area contributed by atoms with Crippen LogP contribution in [-0.4, -0.2) is 23.7 Å². The smallest absolute Gasteiger partial charge is 0.310 e. The molecule has 1 aromatic rings. The fourth-order valence-electron chi connectivity index (χ4n) is 2.89. The maximum Gasteiger partial charge on any atom is 0.310 e. The lowest BCUT2D eigenvalue weighted by Crippen LogP contribution is -2.69. The van der Waals surface area contributed by atoms with Gasteiger partial charge < -0.3 is 14.8 Å². The SMILES string of the molecule is CCC1(CC)C(=O)N[C@@H]1Oc1ccc(CC(=O)OC(C)(C)C)cc1. The Morgan fingerprint density at radius 2 is 1.75 bits per heavy atom. The highest BCUT2D eigenvalue weighted by atomic mass is 16.6. The number of esters is 1. The Labute approximate surface area is 143 Å². The fourth-order valence-corrected chi connectivity index (χ4v) is 2.89. The summed E-state index contributed by atoms with van der Waals surface area (Å²) in [4.78, 5) is 23.7. The van der Waals surface area contributed by atoms with Gasteiger partial charge in [0, 0.05) is 0 Å². The van der Waals surface area contributed by atoms with Crippen LogP contribution < -0.4 is 10.1 Å². The molecule has 5 nitrogen and oxygen atoms in total. The van der Waals surface area contributed by atoms with Crippen molar-refractivity contribution in [3.63, 3.8) is 0 Å². The quantitative estimate of drug-likeness (QED) is 0.641. The van der Waals surface area contributed by atoms with Crippen LogP contribution in [0, 0.1) is 5.41 Å². The van der Waals surface area contributed by atoms with E-state index in [1.165, 1.54) is 0 Å². The van der Waals surface area contributed by atoms with Gasteiger partial charge in [-0.3, -0.25) is 9.59 Å². The van der Waals surface area contributed by atoms with Gasteiger partial charge in [0.2, 0.25) is 5.91 Å². The van der Waals surface area contributed by atoms with E-state index in [4.69, 9.17) is 9.47 Å². The van der Waals surface area contributed by atoms with Crippen LogP contribution in [0.5, 0.6) is 5.75 Å². The van der Waals surface area contributed by atoms with Crippen molar-refractivity contribution in [2.45, 2.75) is 65.7 Å². The van der Waals surface area contributed by atoms with Gasteiger partial charge in [0.1, 0.15) is 16.8 Å². The summed E-state index contributed by atoms with van der Waals surface area (Å²) in [5.41, 5.74) is -0.0482. The van der Waals surface area contributed by atoms with E-state index in [0.29, 0.717) is 5.75 Å². The Morgan fingerprint density at radius 1 is 1.17 bits per heavy atom. The second-order valence-electron chi connectivity index (χ2n) is 7.24. The third-order valence-electron chi connectivity index (χ3n) is 4.42. The first-order valence-electron chi connectivity index (χ1n) is 8.48. The van der Waals surface area contributed by atoms with E-state index in [1.807, 2.05) is 58.9 Å². The normalized spacial score (nSPS) is 19.2. The zero-order valence-corrected chi connectivity index (χ0v) is 15.1. The van der Waals surface area contributed by atoms with E-state index in [9.17, 15) is 9.59 Å². The van der Waals surface area contributed by atoms with Gasteiger partial charge in [-0.15, -0.1) is 0 Å².